The number of hydrogen-bond acceptors (Lipinski definition) is 3. The molecule has 0 aliphatic heterocycles. The average Bonchev–Trinajstić information content (AvgIpc) is 2.55. The molecule has 0 saturated heterocycles. The predicted molar refractivity (Wildman–Crippen MR) is 91.0 cm³/mol. The molecule has 0 heterocycles. The molecular formula is C19H22FNO3. The summed E-state index contributed by atoms with van der Waals surface area (Å²) in [5, 5.41) is 18.5. The van der Waals surface area contributed by atoms with Crippen molar-refractivity contribution in [3.05, 3.63) is 59.9 Å². The maximum Gasteiger partial charge on any atom is 0.311 e. The summed E-state index contributed by atoms with van der Waals surface area (Å²) in [6, 6.07) is 13.5. The summed E-state index contributed by atoms with van der Waals surface area (Å²) >= 11 is 0. The van der Waals surface area contributed by atoms with Crippen molar-refractivity contribution in [2.75, 3.05) is 6.61 Å². The summed E-state index contributed by atoms with van der Waals surface area (Å²) in [4.78, 5) is 11.2. The van der Waals surface area contributed by atoms with E-state index in [0.717, 1.165) is 11.1 Å². The molecule has 0 aliphatic rings. The van der Waals surface area contributed by atoms with Crippen LogP contribution in [0.1, 0.15) is 18.9 Å². The zero-order chi connectivity index (χ0) is 17.7. The van der Waals surface area contributed by atoms with Crippen LogP contribution in [0, 0.1) is 11.2 Å². The lowest BCUT2D eigenvalue weighted by molar-refractivity contribution is -0.151. The van der Waals surface area contributed by atoms with Crippen LogP contribution in [0.25, 0.3) is 11.1 Å². The molecule has 4 N–H and O–H groups in total. The third-order valence-electron chi connectivity index (χ3n) is 4.21. The van der Waals surface area contributed by atoms with E-state index in [1.807, 2.05) is 24.3 Å². The van der Waals surface area contributed by atoms with E-state index in [-0.39, 0.29) is 12.2 Å². The van der Waals surface area contributed by atoms with Crippen molar-refractivity contribution in [3.63, 3.8) is 0 Å². The van der Waals surface area contributed by atoms with Crippen LogP contribution in [0.2, 0.25) is 0 Å². The normalized spacial score (nSPS) is 14.8. The second-order valence-electron chi connectivity index (χ2n) is 6.37. The van der Waals surface area contributed by atoms with Crippen LogP contribution in [-0.4, -0.2) is 28.8 Å². The highest BCUT2D eigenvalue weighted by Crippen LogP contribution is 2.25. The highest BCUT2D eigenvalue weighted by Gasteiger charge is 2.34. The molecule has 0 aromatic heterocycles. The van der Waals surface area contributed by atoms with Gasteiger partial charge < -0.3 is 15.9 Å². The molecule has 0 bridgehead atoms. The van der Waals surface area contributed by atoms with E-state index in [9.17, 15) is 19.4 Å². The Morgan fingerprint density at radius 3 is 2.38 bits per heavy atom. The first-order valence-electron chi connectivity index (χ1n) is 7.79. The van der Waals surface area contributed by atoms with Crippen LogP contribution in [0.5, 0.6) is 0 Å². The summed E-state index contributed by atoms with van der Waals surface area (Å²) in [6.07, 6.45) is 0.661. The van der Waals surface area contributed by atoms with Crippen molar-refractivity contribution in [1.29, 1.82) is 0 Å². The second-order valence-corrected chi connectivity index (χ2v) is 6.37. The van der Waals surface area contributed by atoms with E-state index in [1.54, 1.807) is 18.2 Å². The van der Waals surface area contributed by atoms with Gasteiger partial charge in [-0.05, 0) is 37.0 Å². The first-order chi connectivity index (χ1) is 11.4. The molecule has 5 heteroatoms. The van der Waals surface area contributed by atoms with Gasteiger partial charge in [0.15, 0.2) is 0 Å². The van der Waals surface area contributed by atoms with E-state index in [1.165, 1.54) is 13.0 Å². The number of hydrogen-bond donors (Lipinski definition) is 3. The number of carboxylic acid groups (broad SMARTS) is 1. The Morgan fingerprint density at radius 1 is 1.21 bits per heavy atom. The van der Waals surface area contributed by atoms with E-state index in [0.29, 0.717) is 12.0 Å². The largest absolute Gasteiger partial charge is 0.481 e. The Bertz CT molecular complexity index is 702. The van der Waals surface area contributed by atoms with E-state index >= 15 is 0 Å². The van der Waals surface area contributed by atoms with Gasteiger partial charge in [0.25, 0.3) is 0 Å². The molecule has 2 aromatic carbocycles. The maximum absolute atomic E-state index is 13.8. The lowest BCUT2D eigenvalue weighted by atomic mass is 9.83. The molecule has 0 amide bonds. The fourth-order valence-electron chi connectivity index (χ4n) is 2.69. The van der Waals surface area contributed by atoms with Gasteiger partial charge in [-0.2, -0.15) is 0 Å². The van der Waals surface area contributed by atoms with Gasteiger partial charge in [0.05, 0.1) is 12.0 Å². The van der Waals surface area contributed by atoms with Crippen molar-refractivity contribution in [1.82, 2.24) is 0 Å². The van der Waals surface area contributed by atoms with Gasteiger partial charge in [0, 0.05) is 11.6 Å². The number of aliphatic hydroxyl groups excluding tert-OH is 1. The summed E-state index contributed by atoms with van der Waals surface area (Å²) in [7, 11) is 0. The number of halogens is 1. The number of rotatable bonds is 7. The van der Waals surface area contributed by atoms with Crippen molar-refractivity contribution in [2.24, 2.45) is 11.1 Å². The zero-order valence-electron chi connectivity index (χ0n) is 13.6. The third kappa shape index (κ3) is 4.19. The van der Waals surface area contributed by atoms with Crippen molar-refractivity contribution in [3.8, 4) is 11.1 Å². The minimum atomic E-state index is -1.24. The van der Waals surface area contributed by atoms with Gasteiger partial charge in [-0.15, -0.1) is 0 Å². The van der Waals surface area contributed by atoms with Gasteiger partial charge in [0.2, 0.25) is 0 Å². The Morgan fingerprint density at radius 2 is 1.83 bits per heavy atom. The second kappa shape index (κ2) is 7.55. The number of carboxylic acids is 1. The fourth-order valence-corrected chi connectivity index (χ4v) is 2.69. The Labute approximate surface area is 140 Å². The molecule has 2 aromatic rings. The van der Waals surface area contributed by atoms with Gasteiger partial charge in [0.1, 0.15) is 5.82 Å². The maximum atomic E-state index is 13.8. The molecule has 24 heavy (non-hydrogen) atoms. The summed E-state index contributed by atoms with van der Waals surface area (Å²) < 4.78 is 13.8. The molecule has 2 atom stereocenters. The number of nitrogens with two attached hydrogens (primary N) is 1. The molecule has 2 rings (SSSR count). The molecule has 0 saturated carbocycles. The predicted octanol–water partition coefficient (Wildman–Crippen LogP) is 2.84. The quantitative estimate of drug-likeness (QED) is 0.728. The monoisotopic (exact) mass is 331 g/mol. The smallest absolute Gasteiger partial charge is 0.311 e. The number of aliphatic carboxylic acids is 1. The van der Waals surface area contributed by atoms with Crippen LogP contribution < -0.4 is 5.73 Å². The Kier molecular flexibility index (Phi) is 5.70. The molecule has 128 valence electrons. The minimum Gasteiger partial charge on any atom is -0.481 e. The van der Waals surface area contributed by atoms with Crippen molar-refractivity contribution in [2.45, 2.75) is 25.8 Å². The molecule has 0 radical (unpaired) electrons. The number of benzene rings is 2. The van der Waals surface area contributed by atoms with Crippen LogP contribution in [0.4, 0.5) is 4.39 Å². The van der Waals surface area contributed by atoms with Gasteiger partial charge in [-0.3, -0.25) is 4.79 Å². The topological polar surface area (TPSA) is 83.5 Å². The number of aliphatic hydroxyl groups is 1. The van der Waals surface area contributed by atoms with Gasteiger partial charge >= 0.3 is 5.97 Å². The van der Waals surface area contributed by atoms with E-state index < -0.39 is 24.0 Å². The first-order valence-corrected chi connectivity index (χ1v) is 7.79. The first kappa shape index (κ1) is 18.1. The van der Waals surface area contributed by atoms with Crippen molar-refractivity contribution >= 4 is 5.97 Å². The van der Waals surface area contributed by atoms with Crippen LogP contribution in [0.3, 0.4) is 0 Å². The van der Waals surface area contributed by atoms with Gasteiger partial charge in [-0.25, -0.2) is 4.39 Å². The molecular weight excluding hydrogens is 309 g/mol. The van der Waals surface area contributed by atoms with Crippen LogP contribution >= 0.6 is 0 Å². The molecule has 0 aliphatic carbocycles. The zero-order valence-corrected chi connectivity index (χ0v) is 13.6. The Balaban J connectivity index is 2.06. The molecule has 0 fully saturated rings. The lowest BCUT2D eigenvalue weighted by Crippen LogP contribution is -2.39. The van der Waals surface area contributed by atoms with Crippen molar-refractivity contribution < 1.29 is 19.4 Å². The Hall–Kier alpha value is -2.24. The molecule has 4 nitrogen and oxygen atoms in total. The van der Waals surface area contributed by atoms with E-state index in [2.05, 4.69) is 0 Å². The van der Waals surface area contributed by atoms with Crippen LogP contribution in [-0.2, 0) is 11.2 Å². The SMILES string of the molecule is CC(CO)(CC(N)Cc1ccc(-c2ccccc2F)cc1)C(=O)O. The summed E-state index contributed by atoms with van der Waals surface area (Å²) in [5.41, 5.74) is 7.05. The standard InChI is InChI=1S/C19H22FNO3/c1-19(12-22,18(23)24)11-15(21)10-13-6-8-14(9-7-13)16-4-2-3-5-17(16)20/h2-9,15,22H,10-12,21H2,1H3,(H,23,24). The highest BCUT2D eigenvalue weighted by atomic mass is 19.1. The molecule has 2 unspecified atom stereocenters. The van der Waals surface area contributed by atoms with E-state index in [4.69, 9.17) is 5.73 Å². The minimum absolute atomic E-state index is 0.175. The average molecular weight is 331 g/mol. The summed E-state index contributed by atoms with van der Waals surface area (Å²) in [6.45, 7) is 1.03. The third-order valence-corrected chi connectivity index (χ3v) is 4.21. The summed E-state index contributed by atoms with van der Waals surface area (Å²) in [5.74, 6) is -1.34. The lowest BCUT2D eigenvalue weighted by Gasteiger charge is -2.25. The number of carbonyl (C=O) groups is 1. The highest BCUT2D eigenvalue weighted by molar-refractivity contribution is 5.74. The van der Waals surface area contributed by atoms with Crippen LogP contribution in [0.15, 0.2) is 48.5 Å². The van der Waals surface area contributed by atoms with Gasteiger partial charge in [-0.1, -0.05) is 42.5 Å². The molecule has 0 spiro atoms. The fraction of sp³-hybridized carbons (Fsp3) is 0.316.